The van der Waals surface area contributed by atoms with E-state index in [0.717, 1.165) is 7.11 Å². The first-order valence-corrected chi connectivity index (χ1v) is 1.17. The van der Waals surface area contributed by atoms with Gasteiger partial charge in [0.25, 0.3) is 0 Å². The molecule has 0 bridgehead atoms. The third-order valence-corrected chi connectivity index (χ3v) is 0. The van der Waals surface area contributed by atoms with Crippen molar-refractivity contribution in [2.45, 2.75) is 6.92 Å². The molecular weight excluding hydrogens is 112 g/mol. The maximum absolute atomic E-state index is 7.32. The lowest BCUT2D eigenvalue weighted by Gasteiger charge is -1.21. The fourth-order valence-electron chi connectivity index (χ4n) is 0. The SMILES string of the molecule is CC#N.CO.N.O.O. The van der Waals surface area contributed by atoms with Gasteiger partial charge in [-0.25, -0.2) is 0 Å². The monoisotopic (exact) mass is 126 g/mol. The van der Waals surface area contributed by atoms with Crippen molar-refractivity contribution in [3.8, 4) is 6.07 Å². The largest absolute Gasteiger partial charge is 0.412 e. The lowest BCUT2D eigenvalue weighted by molar-refractivity contribution is 0.399. The fraction of sp³-hybridized carbons (Fsp3) is 0.667. The first-order valence-electron chi connectivity index (χ1n) is 1.17. The van der Waals surface area contributed by atoms with E-state index < -0.39 is 0 Å². The summed E-state index contributed by atoms with van der Waals surface area (Å²) in [7, 11) is 1.00. The van der Waals surface area contributed by atoms with Crippen molar-refractivity contribution in [1.29, 1.82) is 5.26 Å². The van der Waals surface area contributed by atoms with Gasteiger partial charge in [-0.15, -0.1) is 0 Å². The average molecular weight is 126 g/mol. The molecule has 8 N–H and O–H groups in total. The second kappa shape index (κ2) is 1650. The van der Waals surface area contributed by atoms with Crippen molar-refractivity contribution in [3.05, 3.63) is 0 Å². The third-order valence-electron chi connectivity index (χ3n) is 0. The molecule has 0 rings (SSSR count). The number of aliphatic hydroxyl groups is 1. The molecule has 0 unspecified atom stereocenters. The molecule has 0 spiro atoms. The smallest absolute Gasteiger partial charge is 0.0587 e. The Labute approximate surface area is 48.8 Å². The number of rotatable bonds is 0. The van der Waals surface area contributed by atoms with Crippen molar-refractivity contribution in [2.24, 2.45) is 0 Å². The number of hydrogen-bond donors (Lipinski definition) is 2. The molecule has 5 heteroatoms. The first-order chi connectivity index (χ1) is 2.41. The summed E-state index contributed by atoms with van der Waals surface area (Å²) in [5, 5.41) is 14.3. The standard InChI is InChI=1S/C2H3N.CH4O.H3N.2H2O/c1-2-3;1-2;;;/h1H3;2H,1H3;1H3;2*1H2. The van der Waals surface area contributed by atoms with E-state index in [1.54, 1.807) is 6.07 Å². The summed E-state index contributed by atoms with van der Waals surface area (Å²) in [5.74, 6) is 0. The maximum atomic E-state index is 7.32. The molecule has 0 aliphatic heterocycles. The van der Waals surface area contributed by atoms with E-state index in [0.29, 0.717) is 0 Å². The molecule has 0 atom stereocenters. The molecule has 0 aliphatic rings. The molecule has 0 aromatic carbocycles. The molecule has 5 nitrogen and oxygen atoms in total. The number of nitrogens with zero attached hydrogens (tertiary/aromatic N) is 1. The first kappa shape index (κ1) is 54.1. The summed E-state index contributed by atoms with van der Waals surface area (Å²) in [4.78, 5) is 0. The quantitative estimate of drug-likeness (QED) is 0.414. The van der Waals surface area contributed by atoms with Gasteiger partial charge in [-0.05, 0) is 0 Å². The Balaban J connectivity index is -0.00000000567. The highest BCUT2D eigenvalue weighted by Crippen LogP contribution is 1.21. The Kier molecular flexibility index (Phi) is 11200. The second-order valence-corrected chi connectivity index (χ2v) is 0.224. The molecule has 0 aliphatic carbocycles. The minimum absolute atomic E-state index is 0. The Morgan fingerprint density at radius 3 is 1.25 bits per heavy atom. The van der Waals surface area contributed by atoms with Crippen LogP contribution >= 0.6 is 0 Å². The van der Waals surface area contributed by atoms with Gasteiger partial charge in [0, 0.05) is 14.0 Å². The van der Waals surface area contributed by atoms with Crippen molar-refractivity contribution in [2.75, 3.05) is 7.11 Å². The summed E-state index contributed by atoms with van der Waals surface area (Å²) in [5.41, 5.74) is 0. The van der Waals surface area contributed by atoms with Gasteiger partial charge in [-0.3, -0.25) is 0 Å². The van der Waals surface area contributed by atoms with Gasteiger partial charge in [0.2, 0.25) is 0 Å². The van der Waals surface area contributed by atoms with Crippen molar-refractivity contribution in [1.82, 2.24) is 6.15 Å². The van der Waals surface area contributed by atoms with Crippen LogP contribution in [0.2, 0.25) is 0 Å². The van der Waals surface area contributed by atoms with Gasteiger partial charge in [0.1, 0.15) is 0 Å². The van der Waals surface area contributed by atoms with Gasteiger partial charge < -0.3 is 22.2 Å². The number of aliphatic hydroxyl groups excluding tert-OH is 1. The van der Waals surface area contributed by atoms with Crippen LogP contribution in [0.3, 0.4) is 0 Å². The highest BCUT2D eigenvalue weighted by molar-refractivity contribution is 4.51. The van der Waals surface area contributed by atoms with Crippen molar-refractivity contribution in [3.63, 3.8) is 0 Å². The normalized spacial score (nSPS) is 1.75. The van der Waals surface area contributed by atoms with Gasteiger partial charge in [0.15, 0.2) is 0 Å². The summed E-state index contributed by atoms with van der Waals surface area (Å²) >= 11 is 0. The van der Waals surface area contributed by atoms with Crippen LogP contribution in [0.25, 0.3) is 0 Å². The summed E-state index contributed by atoms with van der Waals surface area (Å²) in [6, 6.07) is 1.75. The topological polar surface area (TPSA) is 142 Å². The minimum Gasteiger partial charge on any atom is -0.412 e. The van der Waals surface area contributed by atoms with Crippen LogP contribution in [0.15, 0.2) is 0 Å². The highest BCUT2D eigenvalue weighted by atomic mass is 16.2. The van der Waals surface area contributed by atoms with Crippen LogP contribution in [0, 0.1) is 11.3 Å². The summed E-state index contributed by atoms with van der Waals surface area (Å²) in [6.45, 7) is 1.43. The Morgan fingerprint density at radius 2 is 1.25 bits per heavy atom. The van der Waals surface area contributed by atoms with E-state index in [9.17, 15) is 0 Å². The average Bonchev–Trinajstić information content (AvgIpc) is 1.46. The van der Waals surface area contributed by atoms with Crippen molar-refractivity contribution < 1.29 is 16.1 Å². The zero-order chi connectivity index (χ0) is 4.71. The molecule has 0 aromatic rings. The van der Waals surface area contributed by atoms with Gasteiger partial charge >= 0.3 is 0 Å². The molecule has 0 saturated heterocycles. The molecule has 8 heavy (non-hydrogen) atoms. The lowest BCUT2D eigenvalue weighted by atomic mass is 11.0. The van der Waals surface area contributed by atoms with Crippen molar-refractivity contribution >= 4 is 0 Å². The molecule has 0 aromatic heterocycles. The fourth-order valence-corrected chi connectivity index (χ4v) is 0. The maximum Gasteiger partial charge on any atom is 0.0587 e. The molecule has 0 amide bonds. The van der Waals surface area contributed by atoms with Gasteiger partial charge in [0.05, 0.1) is 6.07 Å². The molecular formula is C3H14N2O3. The van der Waals surface area contributed by atoms with Crippen LogP contribution in [0.5, 0.6) is 0 Å². The molecule has 0 radical (unpaired) electrons. The van der Waals surface area contributed by atoms with E-state index in [4.69, 9.17) is 10.4 Å². The lowest BCUT2D eigenvalue weighted by Crippen LogP contribution is -1.25. The van der Waals surface area contributed by atoms with Crippen LogP contribution in [0.1, 0.15) is 6.92 Å². The molecule has 0 saturated carbocycles. The van der Waals surface area contributed by atoms with Crippen LogP contribution in [0.4, 0.5) is 0 Å². The summed E-state index contributed by atoms with van der Waals surface area (Å²) in [6.07, 6.45) is 0. The van der Waals surface area contributed by atoms with E-state index in [1.165, 1.54) is 6.92 Å². The summed E-state index contributed by atoms with van der Waals surface area (Å²) < 4.78 is 0. The predicted molar refractivity (Wildman–Crippen MR) is 31.7 cm³/mol. The predicted octanol–water partition coefficient (Wildman–Crippen LogP) is -1.35. The third kappa shape index (κ3) is 223. The van der Waals surface area contributed by atoms with Gasteiger partial charge in [-0.1, -0.05) is 0 Å². The zero-order valence-electron chi connectivity index (χ0n) is 5.10. The van der Waals surface area contributed by atoms with Crippen LogP contribution in [-0.4, -0.2) is 23.2 Å². The van der Waals surface area contributed by atoms with Crippen LogP contribution in [-0.2, 0) is 0 Å². The Bertz CT molecular complexity index is 34.0. The molecule has 0 heterocycles. The van der Waals surface area contributed by atoms with E-state index >= 15 is 0 Å². The van der Waals surface area contributed by atoms with E-state index in [1.807, 2.05) is 0 Å². The second-order valence-electron chi connectivity index (χ2n) is 0.224. The van der Waals surface area contributed by atoms with E-state index in [2.05, 4.69) is 0 Å². The number of nitriles is 1. The minimum atomic E-state index is 0. The Hall–Kier alpha value is -0.670. The molecule has 54 valence electrons. The zero-order valence-corrected chi connectivity index (χ0v) is 5.10. The number of hydrogen-bond acceptors (Lipinski definition) is 3. The van der Waals surface area contributed by atoms with Crippen LogP contribution < -0.4 is 6.15 Å². The Morgan fingerprint density at radius 1 is 1.25 bits per heavy atom. The van der Waals surface area contributed by atoms with E-state index in [-0.39, 0.29) is 17.1 Å². The molecule has 0 fully saturated rings. The highest BCUT2D eigenvalue weighted by Gasteiger charge is 1.17. The van der Waals surface area contributed by atoms with Gasteiger partial charge in [-0.2, -0.15) is 5.26 Å².